The van der Waals surface area contributed by atoms with Crippen molar-refractivity contribution < 1.29 is 19.4 Å². The van der Waals surface area contributed by atoms with E-state index >= 15 is 0 Å². The minimum atomic E-state index is -0.231. The van der Waals surface area contributed by atoms with Gasteiger partial charge in [0.15, 0.2) is 0 Å². The molecule has 1 amide bonds. The predicted molar refractivity (Wildman–Crippen MR) is 120 cm³/mol. The Balaban J connectivity index is 1.87. The molecule has 0 radical (unpaired) electrons. The Labute approximate surface area is 182 Å². The number of hydrogen-bond donors (Lipinski definition) is 2. The van der Waals surface area contributed by atoms with Crippen LogP contribution in [0.25, 0.3) is 11.1 Å². The second-order valence-electron chi connectivity index (χ2n) is 7.64. The maximum atomic E-state index is 13.1. The van der Waals surface area contributed by atoms with Gasteiger partial charge in [0, 0.05) is 24.5 Å². The zero-order valence-corrected chi connectivity index (χ0v) is 18.1. The lowest BCUT2D eigenvalue weighted by Crippen LogP contribution is -2.24. The zero-order valence-electron chi connectivity index (χ0n) is 18.1. The molecule has 0 saturated heterocycles. The summed E-state index contributed by atoms with van der Waals surface area (Å²) in [5, 5.41) is 12.6. The van der Waals surface area contributed by atoms with E-state index in [1.54, 1.807) is 37.7 Å². The van der Waals surface area contributed by atoms with Gasteiger partial charge in [-0.15, -0.1) is 0 Å². The average molecular weight is 421 g/mol. The summed E-state index contributed by atoms with van der Waals surface area (Å²) in [6, 6.07) is 14.8. The number of aromatic nitrogens is 1. The highest BCUT2D eigenvalue weighted by atomic mass is 16.5. The molecule has 3 rings (SSSR count). The van der Waals surface area contributed by atoms with Crippen LogP contribution in [0.5, 0.6) is 11.5 Å². The number of ether oxygens (including phenoxy) is 2. The molecule has 0 unspecified atom stereocenters. The standard InChI is InChI=1S/C25H28N2O4/c1-17(2)16-31-24-9-6-19(23-14-26-11-10-20(23)15-28)12-22(24)25(29)27-13-18-4-7-21(30-3)8-5-18/h4-12,14,17,28H,13,15-16H2,1-3H3,(H,27,29). The van der Waals surface area contributed by atoms with Crippen LogP contribution in [0.4, 0.5) is 0 Å². The normalized spacial score (nSPS) is 10.7. The van der Waals surface area contributed by atoms with Gasteiger partial charge >= 0.3 is 0 Å². The fourth-order valence-electron chi connectivity index (χ4n) is 3.10. The van der Waals surface area contributed by atoms with E-state index < -0.39 is 0 Å². The van der Waals surface area contributed by atoms with Crippen molar-refractivity contribution in [1.29, 1.82) is 0 Å². The number of benzene rings is 2. The van der Waals surface area contributed by atoms with Gasteiger partial charge in [-0.1, -0.05) is 32.0 Å². The van der Waals surface area contributed by atoms with E-state index in [0.717, 1.165) is 28.0 Å². The Kier molecular flexibility index (Phi) is 7.62. The maximum Gasteiger partial charge on any atom is 0.255 e. The number of nitrogens with zero attached hydrogens (tertiary/aromatic N) is 1. The first-order chi connectivity index (χ1) is 15.0. The van der Waals surface area contributed by atoms with Crippen LogP contribution in [0.1, 0.15) is 35.3 Å². The molecule has 31 heavy (non-hydrogen) atoms. The van der Waals surface area contributed by atoms with Crippen molar-refractivity contribution in [2.45, 2.75) is 27.0 Å². The number of aliphatic hydroxyl groups excluding tert-OH is 1. The molecule has 6 nitrogen and oxygen atoms in total. The lowest BCUT2D eigenvalue weighted by molar-refractivity contribution is 0.0946. The number of carbonyl (C=O) groups excluding carboxylic acids is 1. The SMILES string of the molecule is COc1ccc(CNC(=O)c2cc(-c3cnccc3CO)ccc2OCC(C)C)cc1. The first-order valence-corrected chi connectivity index (χ1v) is 10.2. The molecule has 0 aliphatic carbocycles. The molecule has 1 heterocycles. The second kappa shape index (κ2) is 10.6. The number of pyridine rings is 1. The van der Waals surface area contributed by atoms with Crippen LogP contribution in [-0.4, -0.2) is 29.7 Å². The van der Waals surface area contributed by atoms with Gasteiger partial charge in [-0.3, -0.25) is 9.78 Å². The quantitative estimate of drug-likeness (QED) is 0.542. The van der Waals surface area contributed by atoms with E-state index in [2.05, 4.69) is 24.1 Å². The van der Waals surface area contributed by atoms with E-state index in [9.17, 15) is 9.90 Å². The zero-order chi connectivity index (χ0) is 22.2. The summed E-state index contributed by atoms with van der Waals surface area (Å²) in [5.74, 6) is 1.39. The lowest BCUT2D eigenvalue weighted by atomic mass is 9.99. The number of rotatable bonds is 9. The molecule has 162 valence electrons. The number of hydrogen-bond acceptors (Lipinski definition) is 5. The van der Waals surface area contributed by atoms with E-state index in [0.29, 0.717) is 30.4 Å². The van der Waals surface area contributed by atoms with E-state index in [-0.39, 0.29) is 12.5 Å². The summed E-state index contributed by atoms with van der Waals surface area (Å²) in [4.78, 5) is 17.2. The number of nitrogens with one attached hydrogen (secondary N) is 1. The number of carbonyl (C=O) groups is 1. The number of methoxy groups -OCH3 is 1. The fraction of sp³-hybridized carbons (Fsp3) is 0.280. The fourth-order valence-corrected chi connectivity index (χ4v) is 3.10. The van der Waals surface area contributed by atoms with E-state index in [1.807, 2.05) is 30.3 Å². The van der Waals surface area contributed by atoms with Crippen LogP contribution in [0, 0.1) is 5.92 Å². The average Bonchev–Trinajstić information content (AvgIpc) is 2.81. The van der Waals surface area contributed by atoms with Crippen LogP contribution < -0.4 is 14.8 Å². The highest BCUT2D eigenvalue weighted by Crippen LogP contribution is 2.29. The minimum absolute atomic E-state index is 0.109. The van der Waals surface area contributed by atoms with Gasteiger partial charge in [-0.05, 0) is 52.9 Å². The van der Waals surface area contributed by atoms with Crippen LogP contribution in [-0.2, 0) is 13.2 Å². The van der Waals surface area contributed by atoms with Crippen molar-refractivity contribution in [3.8, 4) is 22.6 Å². The van der Waals surface area contributed by atoms with Gasteiger partial charge in [0.1, 0.15) is 11.5 Å². The van der Waals surface area contributed by atoms with E-state index in [1.165, 1.54) is 0 Å². The molecule has 1 aromatic heterocycles. The van der Waals surface area contributed by atoms with Gasteiger partial charge in [-0.25, -0.2) is 0 Å². The van der Waals surface area contributed by atoms with Crippen LogP contribution >= 0.6 is 0 Å². The van der Waals surface area contributed by atoms with Gasteiger partial charge in [0.25, 0.3) is 5.91 Å². The van der Waals surface area contributed by atoms with Crippen molar-refractivity contribution in [3.63, 3.8) is 0 Å². The predicted octanol–water partition coefficient (Wildman–Crippen LogP) is 4.21. The number of aliphatic hydroxyl groups is 1. The highest BCUT2D eigenvalue weighted by Gasteiger charge is 2.16. The Bertz CT molecular complexity index is 1020. The summed E-state index contributed by atoms with van der Waals surface area (Å²) in [7, 11) is 1.62. The maximum absolute atomic E-state index is 13.1. The number of amides is 1. The van der Waals surface area contributed by atoms with Crippen LogP contribution in [0.3, 0.4) is 0 Å². The summed E-state index contributed by atoms with van der Waals surface area (Å²) >= 11 is 0. The monoisotopic (exact) mass is 420 g/mol. The Morgan fingerprint density at radius 2 is 1.90 bits per heavy atom. The van der Waals surface area contributed by atoms with Crippen molar-refractivity contribution in [3.05, 3.63) is 77.6 Å². The van der Waals surface area contributed by atoms with Crippen molar-refractivity contribution in [1.82, 2.24) is 10.3 Å². The summed E-state index contributed by atoms with van der Waals surface area (Å²) < 4.78 is 11.1. The smallest absolute Gasteiger partial charge is 0.255 e. The van der Waals surface area contributed by atoms with Crippen molar-refractivity contribution in [2.24, 2.45) is 5.92 Å². The Hall–Kier alpha value is -3.38. The molecule has 0 aliphatic rings. The molecule has 2 N–H and O–H groups in total. The largest absolute Gasteiger partial charge is 0.497 e. The first kappa shape index (κ1) is 22.3. The molecule has 0 bridgehead atoms. The topological polar surface area (TPSA) is 80.7 Å². The third kappa shape index (κ3) is 5.83. The van der Waals surface area contributed by atoms with Crippen molar-refractivity contribution in [2.75, 3.05) is 13.7 Å². The lowest BCUT2D eigenvalue weighted by Gasteiger charge is -2.16. The molecular weight excluding hydrogens is 392 g/mol. The van der Waals surface area contributed by atoms with Gasteiger partial charge < -0.3 is 19.9 Å². The molecular formula is C25H28N2O4. The Morgan fingerprint density at radius 1 is 1.13 bits per heavy atom. The van der Waals surface area contributed by atoms with Crippen molar-refractivity contribution >= 4 is 5.91 Å². The van der Waals surface area contributed by atoms with Gasteiger partial charge in [-0.2, -0.15) is 0 Å². The first-order valence-electron chi connectivity index (χ1n) is 10.2. The molecule has 0 saturated carbocycles. The summed E-state index contributed by atoms with van der Waals surface area (Å²) in [5.41, 5.74) is 3.73. The Morgan fingerprint density at radius 3 is 2.58 bits per heavy atom. The van der Waals surface area contributed by atoms with Gasteiger partial charge in [0.05, 0.1) is 25.9 Å². The summed E-state index contributed by atoms with van der Waals surface area (Å²) in [6.45, 7) is 4.89. The van der Waals surface area contributed by atoms with Gasteiger partial charge in [0.2, 0.25) is 0 Å². The second-order valence-corrected chi connectivity index (χ2v) is 7.64. The molecule has 3 aromatic rings. The molecule has 6 heteroatoms. The molecule has 2 aromatic carbocycles. The molecule has 0 atom stereocenters. The molecule has 0 spiro atoms. The third-order valence-electron chi connectivity index (χ3n) is 4.80. The highest BCUT2D eigenvalue weighted by molar-refractivity contribution is 5.98. The summed E-state index contributed by atoms with van der Waals surface area (Å²) in [6.07, 6.45) is 3.33. The molecule has 0 fully saturated rings. The van der Waals surface area contributed by atoms with Crippen LogP contribution in [0.2, 0.25) is 0 Å². The van der Waals surface area contributed by atoms with Crippen LogP contribution in [0.15, 0.2) is 60.9 Å². The minimum Gasteiger partial charge on any atom is -0.497 e. The van der Waals surface area contributed by atoms with E-state index in [4.69, 9.17) is 9.47 Å². The third-order valence-corrected chi connectivity index (χ3v) is 4.80. The molecule has 0 aliphatic heterocycles.